The van der Waals surface area contributed by atoms with Crippen LogP contribution in [0.4, 0.5) is 0 Å². The zero-order valence-electron chi connectivity index (χ0n) is 25.2. The van der Waals surface area contributed by atoms with E-state index in [9.17, 15) is 4.79 Å². The second kappa shape index (κ2) is 9.67. The average Bonchev–Trinajstić information content (AvgIpc) is 3.34. The number of amides is 1. The number of likely N-dealkylation sites (tertiary alicyclic amines) is 1. The minimum Gasteiger partial charge on any atom is -0.494 e. The minimum absolute atomic E-state index is 0.00965. The molecule has 10 heteroatoms. The van der Waals surface area contributed by atoms with E-state index in [4.69, 9.17) is 20.4 Å². The number of pyridine rings is 1. The lowest BCUT2D eigenvalue weighted by molar-refractivity contribution is 0.0700. The van der Waals surface area contributed by atoms with E-state index in [0.717, 1.165) is 70.8 Å². The van der Waals surface area contributed by atoms with Crippen LogP contribution in [0.3, 0.4) is 0 Å². The van der Waals surface area contributed by atoms with Crippen molar-refractivity contribution >= 4 is 28.0 Å². The molecule has 1 saturated heterocycles. The molecule has 2 saturated carbocycles. The molecule has 1 aliphatic heterocycles. The van der Waals surface area contributed by atoms with Crippen LogP contribution in [0.25, 0.3) is 44.8 Å². The Bertz CT molecular complexity index is 1890. The lowest BCUT2D eigenvalue weighted by atomic mass is 10.1. The summed E-state index contributed by atoms with van der Waals surface area (Å²) in [4.78, 5) is 26.0. The summed E-state index contributed by atoms with van der Waals surface area (Å²) in [5.74, 6) is 2.51. The van der Waals surface area contributed by atoms with Gasteiger partial charge in [0.1, 0.15) is 16.9 Å². The highest BCUT2D eigenvalue weighted by Crippen LogP contribution is 2.40. The van der Waals surface area contributed by atoms with Gasteiger partial charge in [-0.3, -0.25) is 9.48 Å². The van der Waals surface area contributed by atoms with Crippen LogP contribution in [-0.2, 0) is 13.6 Å². The largest absolute Gasteiger partial charge is 0.494 e. The van der Waals surface area contributed by atoms with Gasteiger partial charge in [0.05, 0.1) is 30.2 Å². The molecule has 5 aromatic rings. The highest BCUT2D eigenvalue weighted by Gasteiger charge is 2.47. The Balaban J connectivity index is 1.23. The number of imidazole rings is 1. The second-order valence-corrected chi connectivity index (χ2v) is 13.0. The van der Waals surface area contributed by atoms with Gasteiger partial charge in [-0.2, -0.15) is 5.10 Å². The summed E-state index contributed by atoms with van der Waals surface area (Å²) in [7, 11) is 3.67. The first-order chi connectivity index (χ1) is 20.8. The maximum absolute atomic E-state index is 13.7. The molecule has 5 heterocycles. The molecule has 0 spiro atoms. The van der Waals surface area contributed by atoms with E-state index in [0.29, 0.717) is 23.1 Å². The lowest BCUT2D eigenvalue weighted by Crippen LogP contribution is -2.41. The summed E-state index contributed by atoms with van der Waals surface area (Å²) >= 11 is 0. The molecule has 43 heavy (non-hydrogen) atoms. The van der Waals surface area contributed by atoms with E-state index in [2.05, 4.69) is 52.5 Å². The molecule has 2 unspecified atom stereocenters. The standard InChI is InChI=1S/C33H38N8O2/c1-18(2)41-17-23(14-35-41)24-9-7-20-12-27(39(31(20)36-24)15-19-5-6-19)32-37-25-11-22(13-28(43-4)30(25)38(32)3)33(42)40-16-21-8-10-26(40)29(21)34/h7,9,11-14,17-19,21,26,29H,5-6,8,10,15-16,34H2,1-4H3/t21?,26?,29-/m1/s1. The van der Waals surface area contributed by atoms with Gasteiger partial charge in [-0.05, 0) is 81.7 Å². The van der Waals surface area contributed by atoms with Crippen molar-refractivity contribution < 1.29 is 9.53 Å². The average molecular weight is 579 g/mol. The van der Waals surface area contributed by atoms with Gasteiger partial charge in [-0.1, -0.05) is 0 Å². The number of rotatable bonds is 7. The summed E-state index contributed by atoms with van der Waals surface area (Å²) in [6.07, 6.45) is 8.49. The molecule has 10 nitrogen and oxygen atoms in total. The maximum atomic E-state index is 13.7. The molecule has 2 N–H and O–H groups in total. The quantitative estimate of drug-likeness (QED) is 0.291. The van der Waals surface area contributed by atoms with Crippen LogP contribution >= 0.6 is 0 Å². The van der Waals surface area contributed by atoms with Crippen LogP contribution in [0.2, 0.25) is 0 Å². The molecule has 2 aliphatic carbocycles. The number of piperidine rings is 1. The number of carbonyl (C=O) groups is 1. The first-order valence-electron chi connectivity index (χ1n) is 15.5. The second-order valence-electron chi connectivity index (χ2n) is 13.0. The first-order valence-corrected chi connectivity index (χ1v) is 15.5. The van der Waals surface area contributed by atoms with Gasteiger partial charge in [-0.15, -0.1) is 0 Å². The molecule has 3 aliphatic rings. The molecular formula is C33H38N8O2. The van der Waals surface area contributed by atoms with Crippen molar-refractivity contribution in [3.63, 3.8) is 0 Å². The minimum atomic E-state index is 0.00965. The molecule has 3 atom stereocenters. The number of methoxy groups -OCH3 is 1. The van der Waals surface area contributed by atoms with E-state index < -0.39 is 0 Å². The Hall–Kier alpha value is -4.18. The van der Waals surface area contributed by atoms with Crippen LogP contribution in [-0.4, -0.2) is 65.4 Å². The number of benzene rings is 1. The number of aromatic nitrogens is 6. The van der Waals surface area contributed by atoms with Crippen LogP contribution in [0.15, 0.2) is 42.7 Å². The summed E-state index contributed by atoms with van der Waals surface area (Å²) in [6.45, 7) is 5.86. The highest BCUT2D eigenvalue weighted by atomic mass is 16.5. The summed E-state index contributed by atoms with van der Waals surface area (Å²) in [5.41, 5.74) is 12.5. The highest BCUT2D eigenvalue weighted by molar-refractivity contribution is 6.00. The van der Waals surface area contributed by atoms with Crippen LogP contribution in [0.1, 0.15) is 55.9 Å². The van der Waals surface area contributed by atoms with E-state index in [1.165, 1.54) is 12.8 Å². The maximum Gasteiger partial charge on any atom is 0.254 e. The zero-order chi connectivity index (χ0) is 29.6. The van der Waals surface area contributed by atoms with Gasteiger partial charge in [0.25, 0.3) is 5.91 Å². The summed E-state index contributed by atoms with van der Waals surface area (Å²) in [5, 5.41) is 5.60. The topological polar surface area (TPSA) is 109 Å². The van der Waals surface area contributed by atoms with Crippen molar-refractivity contribution in [2.24, 2.45) is 24.6 Å². The SMILES string of the molecule is COc1cc(C(=O)N2CC3CCC2[C@@H]3N)cc2nc(-c3cc4ccc(-c5cnn(C(C)C)c5)nc4n3CC3CC3)n(C)c12. The first kappa shape index (κ1) is 26.4. The monoisotopic (exact) mass is 578 g/mol. The third-order valence-electron chi connectivity index (χ3n) is 9.85. The van der Waals surface area contributed by atoms with Crippen LogP contribution in [0, 0.1) is 11.8 Å². The number of ether oxygens (including phenoxy) is 1. The molecule has 0 radical (unpaired) electrons. The van der Waals surface area contributed by atoms with Crippen molar-refractivity contribution in [2.45, 2.75) is 64.2 Å². The number of fused-ring (bicyclic) bond motifs is 4. The summed E-state index contributed by atoms with van der Waals surface area (Å²) in [6, 6.07) is 10.7. The van der Waals surface area contributed by atoms with Crippen molar-refractivity contribution in [2.75, 3.05) is 13.7 Å². The Morgan fingerprint density at radius 2 is 1.95 bits per heavy atom. The molecular weight excluding hydrogens is 540 g/mol. The number of aryl methyl sites for hydroxylation is 1. The van der Waals surface area contributed by atoms with E-state index in [1.54, 1.807) is 7.11 Å². The van der Waals surface area contributed by atoms with Crippen molar-refractivity contribution in [1.82, 2.24) is 33.8 Å². The Morgan fingerprint density at radius 1 is 1.12 bits per heavy atom. The smallest absolute Gasteiger partial charge is 0.254 e. The fourth-order valence-corrected chi connectivity index (χ4v) is 7.24. The molecule has 4 aromatic heterocycles. The van der Waals surface area contributed by atoms with Gasteiger partial charge >= 0.3 is 0 Å². The molecule has 1 aromatic carbocycles. The number of hydrogen-bond donors (Lipinski definition) is 1. The molecule has 2 bridgehead atoms. The van der Waals surface area contributed by atoms with E-state index in [-0.39, 0.29) is 24.0 Å². The van der Waals surface area contributed by atoms with Crippen LogP contribution in [0.5, 0.6) is 5.75 Å². The number of nitrogens with zero attached hydrogens (tertiary/aromatic N) is 7. The van der Waals surface area contributed by atoms with E-state index in [1.807, 2.05) is 35.0 Å². The van der Waals surface area contributed by atoms with Crippen LogP contribution < -0.4 is 10.5 Å². The zero-order valence-corrected chi connectivity index (χ0v) is 25.2. The Kier molecular flexibility index (Phi) is 5.95. The third kappa shape index (κ3) is 4.17. The molecule has 3 fully saturated rings. The van der Waals surface area contributed by atoms with Gasteiger partial charge in [0.15, 0.2) is 5.82 Å². The van der Waals surface area contributed by atoms with E-state index >= 15 is 0 Å². The molecule has 1 amide bonds. The Morgan fingerprint density at radius 3 is 2.63 bits per heavy atom. The number of hydrogen-bond acceptors (Lipinski definition) is 6. The van der Waals surface area contributed by atoms with Gasteiger partial charge in [0, 0.05) is 61.0 Å². The predicted octanol–water partition coefficient (Wildman–Crippen LogP) is 5.01. The van der Waals surface area contributed by atoms with Crippen molar-refractivity contribution in [3.8, 4) is 28.5 Å². The Labute approximate surface area is 250 Å². The number of carbonyl (C=O) groups excluding carboxylic acids is 1. The molecule has 222 valence electrons. The predicted molar refractivity (Wildman–Crippen MR) is 166 cm³/mol. The summed E-state index contributed by atoms with van der Waals surface area (Å²) < 4.78 is 12.2. The van der Waals surface area contributed by atoms with Gasteiger partial charge < -0.3 is 24.5 Å². The lowest BCUT2D eigenvalue weighted by Gasteiger charge is -2.27. The van der Waals surface area contributed by atoms with Crippen molar-refractivity contribution in [1.29, 1.82) is 0 Å². The third-order valence-corrected chi connectivity index (χ3v) is 9.85. The van der Waals surface area contributed by atoms with Gasteiger partial charge in [-0.25, -0.2) is 9.97 Å². The number of nitrogens with two attached hydrogens (primary N) is 1. The fourth-order valence-electron chi connectivity index (χ4n) is 7.24. The van der Waals surface area contributed by atoms with Crippen molar-refractivity contribution in [3.05, 3.63) is 48.3 Å². The normalized spacial score (nSPS) is 21.6. The fraction of sp³-hybridized carbons (Fsp3) is 0.455. The molecule has 8 rings (SSSR count). The van der Waals surface area contributed by atoms with Gasteiger partial charge in [0.2, 0.25) is 0 Å².